The first-order valence-corrected chi connectivity index (χ1v) is 7.73. The second-order valence-electron chi connectivity index (χ2n) is 6.30. The van der Waals surface area contributed by atoms with E-state index in [4.69, 9.17) is 4.42 Å². The third-order valence-corrected chi connectivity index (χ3v) is 4.83. The quantitative estimate of drug-likeness (QED) is 0.875. The molecule has 1 aromatic heterocycles. The zero-order valence-corrected chi connectivity index (χ0v) is 12.3. The van der Waals surface area contributed by atoms with E-state index in [1.807, 2.05) is 30.0 Å². The largest absolute Gasteiger partial charge is 0.451 e. The molecule has 2 atom stereocenters. The monoisotopic (exact) mass is 284 g/mol. The summed E-state index contributed by atoms with van der Waals surface area (Å²) in [7, 11) is 0. The Morgan fingerprint density at radius 1 is 1.33 bits per heavy atom. The van der Waals surface area contributed by atoms with Gasteiger partial charge >= 0.3 is 0 Å². The Balaban J connectivity index is 1.58. The maximum absolute atomic E-state index is 12.7. The summed E-state index contributed by atoms with van der Waals surface area (Å²) in [5.74, 6) is 1.11. The SMILES string of the molecule is Cc1ccc2oc(C(=O)N3CCC4NCCC4C3)cc2c1. The summed E-state index contributed by atoms with van der Waals surface area (Å²) in [5.41, 5.74) is 1.97. The Labute approximate surface area is 124 Å². The number of likely N-dealkylation sites (tertiary alicyclic amines) is 1. The molecule has 0 saturated carbocycles. The van der Waals surface area contributed by atoms with Crippen LogP contribution in [0.25, 0.3) is 11.0 Å². The van der Waals surface area contributed by atoms with Crippen molar-refractivity contribution in [2.24, 2.45) is 5.92 Å². The molecule has 0 bridgehead atoms. The van der Waals surface area contributed by atoms with Crippen LogP contribution in [0.15, 0.2) is 28.7 Å². The number of hydrogen-bond donors (Lipinski definition) is 1. The topological polar surface area (TPSA) is 45.5 Å². The van der Waals surface area contributed by atoms with E-state index in [2.05, 4.69) is 11.4 Å². The molecule has 1 amide bonds. The van der Waals surface area contributed by atoms with Crippen molar-refractivity contribution in [2.75, 3.05) is 19.6 Å². The van der Waals surface area contributed by atoms with Gasteiger partial charge in [0.25, 0.3) is 5.91 Å². The van der Waals surface area contributed by atoms with Gasteiger partial charge in [-0.15, -0.1) is 0 Å². The molecule has 4 rings (SSSR count). The van der Waals surface area contributed by atoms with Crippen LogP contribution in [0.1, 0.15) is 29.0 Å². The Hall–Kier alpha value is -1.81. The minimum atomic E-state index is 0.0363. The summed E-state index contributed by atoms with van der Waals surface area (Å²) in [5, 5.41) is 4.53. The number of amides is 1. The first-order valence-electron chi connectivity index (χ1n) is 7.73. The Kier molecular flexibility index (Phi) is 3.00. The van der Waals surface area contributed by atoms with E-state index < -0.39 is 0 Å². The van der Waals surface area contributed by atoms with Crippen molar-refractivity contribution in [3.63, 3.8) is 0 Å². The van der Waals surface area contributed by atoms with Crippen LogP contribution in [0.5, 0.6) is 0 Å². The molecular weight excluding hydrogens is 264 g/mol. The second-order valence-corrected chi connectivity index (χ2v) is 6.30. The number of rotatable bonds is 1. The average Bonchev–Trinajstić information content (AvgIpc) is 3.11. The summed E-state index contributed by atoms with van der Waals surface area (Å²) in [4.78, 5) is 14.6. The third kappa shape index (κ3) is 2.23. The molecule has 0 radical (unpaired) electrons. The van der Waals surface area contributed by atoms with Crippen molar-refractivity contribution in [1.29, 1.82) is 0 Å². The zero-order chi connectivity index (χ0) is 14.4. The minimum Gasteiger partial charge on any atom is -0.451 e. The predicted octanol–water partition coefficient (Wildman–Crippen LogP) is 2.57. The molecule has 0 spiro atoms. The minimum absolute atomic E-state index is 0.0363. The predicted molar refractivity (Wildman–Crippen MR) is 81.4 cm³/mol. The first-order chi connectivity index (χ1) is 10.2. The molecule has 4 nitrogen and oxygen atoms in total. The molecule has 2 aliphatic heterocycles. The van der Waals surface area contributed by atoms with Crippen LogP contribution in [0.4, 0.5) is 0 Å². The van der Waals surface area contributed by atoms with Gasteiger partial charge in [0, 0.05) is 24.5 Å². The highest BCUT2D eigenvalue weighted by molar-refractivity contribution is 5.96. The molecule has 2 saturated heterocycles. The molecule has 1 N–H and O–H groups in total. The van der Waals surface area contributed by atoms with Gasteiger partial charge in [0.2, 0.25) is 0 Å². The number of furan rings is 1. The van der Waals surface area contributed by atoms with E-state index in [0.29, 0.717) is 17.7 Å². The highest BCUT2D eigenvalue weighted by atomic mass is 16.3. The van der Waals surface area contributed by atoms with Crippen LogP contribution >= 0.6 is 0 Å². The number of hydrogen-bond acceptors (Lipinski definition) is 3. The van der Waals surface area contributed by atoms with E-state index in [1.165, 1.54) is 12.0 Å². The van der Waals surface area contributed by atoms with Crippen molar-refractivity contribution in [1.82, 2.24) is 10.2 Å². The van der Waals surface area contributed by atoms with Gasteiger partial charge in [-0.25, -0.2) is 0 Å². The Morgan fingerprint density at radius 3 is 3.14 bits per heavy atom. The average molecular weight is 284 g/mol. The van der Waals surface area contributed by atoms with Gasteiger partial charge < -0.3 is 14.6 Å². The fourth-order valence-corrected chi connectivity index (χ4v) is 3.66. The summed E-state index contributed by atoms with van der Waals surface area (Å²) in [6.45, 7) is 4.81. The number of fused-ring (bicyclic) bond motifs is 2. The van der Waals surface area contributed by atoms with E-state index in [-0.39, 0.29) is 5.91 Å². The highest BCUT2D eigenvalue weighted by Crippen LogP contribution is 2.27. The molecule has 2 fully saturated rings. The molecule has 21 heavy (non-hydrogen) atoms. The van der Waals surface area contributed by atoms with Crippen LogP contribution in [0, 0.1) is 12.8 Å². The molecule has 110 valence electrons. The summed E-state index contributed by atoms with van der Waals surface area (Å²) >= 11 is 0. The molecule has 3 heterocycles. The van der Waals surface area contributed by atoms with Gasteiger partial charge in [0.05, 0.1) is 0 Å². The van der Waals surface area contributed by atoms with Crippen LogP contribution < -0.4 is 5.32 Å². The maximum atomic E-state index is 12.7. The van der Waals surface area contributed by atoms with Crippen molar-refractivity contribution in [3.8, 4) is 0 Å². The lowest BCUT2D eigenvalue weighted by molar-refractivity contribution is 0.0632. The maximum Gasteiger partial charge on any atom is 0.289 e. The van der Waals surface area contributed by atoms with Crippen LogP contribution in [0.2, 0.25) is 0 Å². The van der Waals surface area contributed by atoms with Crippen molar-refractivity contribution < 1.29 is 9.21 Å². The number of benzene rings is 1. The molecule has 4 heteroatoms. The molecular formula is C17H20N2O2. The molecule has 2 unspecified atom stereocenters. The second kappa shape index (κ2) is 4.88. The number of piperidine rings is 1. The summed E-state index contributed by atoms with van der Waals surface area (Å²) in [6.07, 6.45) is 2.23. The summed E-state index contributed by atoms with van der Waals surface area (Å²) < 4.78 is 5.74. The zero-order valence-electron chi connectivity index (χ0n) is 12.3. The molecule has 1 aromatic carbocycles. The number of carbonyl (C=O) groups is 1. The number of aryl methyl sites for hydroxylation is 1. The smallest absolute Gasteiger partial charge is 0.289 e. The van der Waals surface area contributed by atoms with E-state index in [0.717, 1.165) is 37.0 Å². The lowest BCUT2D eigenvalue weighted by atomic mass is 9.93. The first kappa shape index (κ1) is 12.9. The molecule has 2 aliphatic rings. The van der Waals surface area contributed by atoms with Crippen molar-refractivity contribution >= 4 is 16.9 Å². The van der Waals surface area contributed by atoms with E-state index >= 15 is 0 Å². The standard InChI is InChI=1S/C17H20N2O2/c1-11-2-3-15-13(8-11)9-16(21-15)17(20)19-7-5-14-12(10-19)4-6-18-14/h2-3,8-9,12,14,18H,4-7,10H2,1H3. The Morgan fingerprint density at radius 2 is 2.24 bits per heavy atom. The van der Waals surface area contributed by atoms with Crippen molar-refractivity contribution in [3.05, 3.63) is 35.6 Å². The lowest BCUT2D eigenvalue weighted by Gasteiger charge is -2.34. The van der Waals surface area contributed by atoms with Gasteiger partial charge in [-0.2, -0.15) is 0 Å². The van der Waals surface area contributed by atoms with E-state index in [1.54, 1.807) is 0 Å². The fourth-order valence-electron chi connectivity index (χ4n) is 3.66. The lowest BCUT2D eigenvalue weighted by Crippen LogP contribution is -2.46. The number of carbonyl (C=O) groups excluding carboxylic acids is 1. The van der Waals surface area contributed by atoms with Gasteiger partial charge in [-0.3, -0.25) is 4.79 Å². The van der Waals surface area contributed by atoms with Gasteiger partial charge in [-0.05, 0) is 50.4 Å². The van der Waals surface area contributed by atoms with Gasteiger partial charge in [-0.1, -0.05) is 11.6 Å². The van der Waals surface area contributed by atoms with Gasteiger partial charge in [0.1, 0.15) is 5.58 Å². The fraction of sp³-hybridized carbons (Fsp3) is 0.471. The molecule has 0 aliphatic carbocycles. The van der Waals surface area contributed by atoms with Gasteiger partial charge in [0.15, 0.2) is 5.76 Å². The summed E-state index contributed by atoms with van der Waals surface area (Å²) in [6, 6.07) is 8.49. The third-order valence-electron chi connectivity index (χ3n) is 4.83. The van der Waals surface area contributed by atoms with Crippen LogP contribution in [-0.2, 0) is 0 Å². The Bertz CT molecular complexity index is 691. The number of nitrogens with one attached hydrogen (secondary N) is 1. The van der Waals surface area contributed by atoms with Crippen LogP contribution in [-0.4, -0.2) is 36.5 Å². The number of nitrogens with zero attached hydrogens (tertiary/aromatic N) is 1. The van der Waals surface area contributed by atoms with Crippen molar-refractivity contribution in [2.45, 2.75) is 25.8 Å². The van der Waals surface area contributed by atoms with E-state index in [9.17, 15) is 4.79 Å². The molecule has 2 aromatic rings. The highest BCUT2D eigenvalue weighted by Gasteiger charge is 2.35. The normalized spacial score (nSPS) is 25.3. The van der Waals surface area contributed by atoms with Crippen LogP contribution in [0.3, 0.4) is 0 Å².